The molecule has 0 aromatic heterocycles. The highest BCUT2D eigenvalue weighted by atomic mass is 35.5. The van der Waals surface area contributed by atoms with Crippen LogP contribution in [0.1, 0.15) is 32.6 Å². The Morgan fingerprint density at radius 1 is 1.10 bits per heavy atom. The summed E-state index contributed by atoms with van der Waals surface area (Å²) in [5, 5.41) is 5.08. The van der Waals surface area contributed by atoms with Gasteiger partial charge in [0, 0.05) is 21.2 Å². The van der Waals surface area contributed by atoms with Crippen LogP contribution in [0.4, 0.5) is 4.39 Å². The number of hydrogen-bond acceptors (Lipinski definition) is 3. The van der Waals surface area contributed by atoms with Crippen molar-refractivity contribution in [1.29, 1.82) is 0 Å². The molecule has 0 unspecified atom stereocenters. The van der Waals surface area contributed by atoms with Crippen molar-refractivity contribution in [3.8, 4) is 5.75 Å². The van der Waals surface area contributed by atoms with Crippen molar-refractivity contribution in [2.24, 2.45) is 5.10 Å². The van der Waals surface area contributed by atoms with Crippen molar-refractivity contribution in [2.75, 3.05) is 0 Å². The number of amides is 1. The summed E-state index contributed by atoms with van der Waals surface area (Å²) in [7, 11) is 0. The van der Waals surface area contributed by atoms with Crippen LogP contribution < -0.4 is 10.2 Å². The molecule has 0 heterocycles. The van der Waals surface area contributed by atoms with E-state index in [4.69, 9.17) is 27.9 Å². The third-order valence-electron chi connectivity index (χ3n) is 4.34. The molecule has 0 aliphatic heterocycles. The maximum Gasteiger partial charge on any atom is 0.271 e. The Bertz CT molecular complexity index is 1090. The van der Waals surface area contributed by atoms with Gasteiger partial charge in [-0.3, -0.25) is 4.79 Å². The van der Waals surface area contributed by atoms with Gasteiger partial charge in [-0.15, -0.1) is 0 Å². The van der Waals surface area contributed by atoms with E-state index in [2.05, 4.69) is 10.5 Å². The summed E-state index contributed by atoms with van der Waals surface area (Å²) in [4.78, 5) is 12.0. The number of aryl methyl sites for hydroxylation is 2. The lowest BCUT2D eigenvalue weighted by molar-refractivity contribution is 0.0954. The zero-order chi connectivity index (χ0) is 21.7. The van der Waals surface area contributed by atoms with Crippen molar-refractivity contribution in [1.82, 2.24) is 5.43 Å². The van der Waals surface area contributed by atoms with Crippen LogP contribution in [0.5, 0.6) is 5.75 Å². The predicted molar refractivity (Wildman–Crippen MR) is 118 cm³/mol. The van der Waals surface area contributed by atoms with Crippen LogP contribution in [-0.4, -0.2) is 12.1 Å². The lowest BCUT2D eigenvalue weighted by Gasteiger charge is -2.14. The molecule has 30 heavy (non-hydrogen) atoms. The van der Waals surface area contributed by atoms with Crippen molar-refractivity contribution >= 4 is 35.3 Å². The van der Waals surface area contributed by atoms with E-state index < -0.39 is 11.7 Å². The van der Waals surface area contributed by atoms with Crippen LogP contribution >= 0.6 is 23.2 Å². The van der Waals surface area contributed by atoms with Gasteiger partial charge in [-0.2, -0.15) is 5.10 Å². The smallest absolute Gasteiger partial charge is 0.271 e. The standard InChI is InChI=1S/C23H19Cl2FN2O2/c1-14-8-16(12-27-28-23(29)17-4-3-5-20(26)10-17)9-15(2)22(14)30-13-18-6-7-19(24)11-21(18)25/h3-12H,13H2,1-2H3,(H,28,29)/b27-12-. The van der Waals surface area contributed by atoms with E-state index in [-0.39, 0.29) is 5.56 Å². The molecule has 0 spiro atoms. The van der Waals surface area contributed by atoms with E-state index in [0.717, 1.165) is 34.1 Å². The maximum absolute atomic E-state index is 13.2. The zero-order valence-corrected chi connectivity index (χ0v) is 17.9. The maximum atomic E-state index is 13.2. The Morgan fingerprint density at radius 2 is 1.83 bits per heavy atom. The minimum atomic E-state index is -0.487. The molecule has 0 bridgehead atoms. The fourth-order valence-corrected chi connectivity index (χ4v) is 3.40. The van der Waals surface area contributed by atoms with Crippen LogP contribution in [-0.2, 0) is 6.61 Å². The molecule has 3 aromatic carbocycles. The molecule has 0 aliphatic carbocycles. The van der Waals surface area contributed by atoms with Crippen molar-refractivity contribution in [3.63, 3.8) is 0 Å². The SMILES string of the molecule is Cc1cc(/C=N\NC(=O)c2cccc(F)c2)cc(C)c1OCc1ccc(Cl)cc1Cl. The summed E-state index contributed by atoms with van der Waals surface area (Å²) >= 11 is 12.1. The fraction of sp³-hybridized carbons (Fsp3) is 0.130. The number of ether oxygens (including phenoxy) is 1. The Morgan fingerprint density at radius 3 is 2.50 bits per heavy atom. The second-order valence-electron chi connectivity index (χ2n) is 6.72. The average Bonchev–Trinajstić information content (AvgIpc) is 2.68. The van der Waals surface area contributed by atoms with Gasteiger partial charge in [0.1, 0.15) is 18.2 Å². The summed E-state index contributed by atoms with van der Waals surface area (Å²) in [5.74, 6) is -0.214. The Kier molecular flexibility index (Phi) is 7.08. The molecule has 0 saturated heterocycles. The molecule has 0 aliphatic rings. The molecule has 7 heteroatoms. The normalized spacial score (nSPS) is 11.0. The highest BCUT2D eigenvalue weighted by molar-refractivity contribution is 6.35. The van der Waals surface area contributed by atoms with Gasteiger partial charge in [-0.25, -0.2) is 9.82 Å². The molecular formula is C23H19Cl2FN2O2. The topological polar surface area (TPSA) is 50.7 Å². The Hall–Kier alpha value is -2.89. The first-order chi connectivity index (χ1) is 14.3. The van der Waals surface area contributed by atoms with Gasteiger partial charge in [0.05, 0.1) is 6.21 Å². The molecule has 0 atom stereocenters. The highest BCUT2D eigenvalue weighted by Gasteiger charge is 2.09. The van der Waals surface area contributed by atoms with Crippen molar-refractivity contribution < 1.29 is 13.9 Å². The number of halogens is 3. The molecule has 0 saturated carbocycles. The molecule has 3 aromatic rings. The van der Waals surface area contributed by atoms with Crippen molar-refractivity contribution in [2.45, 2.75) is 20.5 Å². The van der Waals surface area contributed by atoms with Crippen molar-refractivity contribution in [3.05, 3.63) is 98.3 Å². The van der Waals surface area contributed by atoms with E-state index >= 15 is 0 Å². The number of carbonyl (C=O) groups excluding carboxylic acids is 1. The largest absolute Gasteiger partial charge is 0.488 e. The van der Waals surface area contributed by atoms with Gasteiger partial charge in [0.15, 0.2) is 0 Å². The van der Waals surface area contributed by atoms with E-state index in [1.54, 1.807) is 12.1 Å². The number of rotatable bonds is 6. The van der Waals surface area contributed by atoms with Crippen LogP contribution in [0.15, 0.2) is 59.7 Å². The zero-order valence-electron chi connectivity index (χ0n) is 16.4. The highest BCUT2D eigenvalue weighted by Crippen LogP contribution is 2.27. The Labute approximate surface area is 184 Å². The molecule has 154 valence electrons. The lowest BCUT2D eigenvalue weighted by atomic mass is 10.1. The summed E-state index contributed by atoms with van der Waals surface area (Å²) in [6, 6.07) is 14.5. The summed E-state index contributed by atoms with van der Waals surface area (Å²) in [5.41, 5.74) is 6.05. The number of hydrazone groups is 1. The molecule has 1 N–H and O–H groups in total. The first kappa shape index (κ1) is 21.8. The Balaban J connectivity index is 1.66. The molecular weight excluding hydrogens is 426 g/mol. The first-order valence-electron chi connectivity index (χ1n) is 9.10. The molecule has 3 rings (SSSR count). The molecule has 4 nitrogen and oxygen atoms in total. The fourth-order valence-electron chi connectivity index (χ4n) is 2.93. The van der Waals surface area contributed by atoms with Gasteiger partial charge in [0.2, 0.25) is 0 Å². The van der Waals surface area contributed by atoms with Crippen LogP contribution in [0.2, 0.25) is 10.0 Å². The number of nitrogens with one attached hydrogen (secondary N) is 1. The van der Waals surface area contributed by atoms with E-state index in [1.165, 1.54) is 24.4 Å². The van der Waals surface area contributed by atoms with Gasteiger partial charge in [0.25, 0.3) is 5.91 Å². The molecule has 0 fully saturated rings. The van der Waals surface area contributed by atoms with E-state index in [0.29, 0.717) is 16.7 Å². The minimum Gasteiger partial charge on any atom is -0.488 e. The summed E-state index contributed by atoms with van der Waals surface area (Å²) in [6.45, 7) is 4.16. The van der Waals surface area contributed by atoms with E-state index in [1.807, 2.05) is 32.0 Å². The van der Waals surface area contributed by atoms with Crippen LogP contribution in [0.3, 0.4) is 0 Å². The third kappa shape index (κ3) is 5.59. The first-order valence-corrected chi connectivity index (χ1v) is 9.86. The molecule has 1 amide bonds. The predicted octanol–water partition coefficient (Wildman–Crippen LogP) is 6.09. The number of benzene rings is 3. The van der Waals surface area contributed by atoms with Gasteiger partial charge in [-0.1, -0.05) is 35.3 Å². The lowest BCUT2D eigenvalue weighted by Crippen LogP contribution is -2.17. The monoisotopic (exact) mass is 444 g/mol. The van der Waals surface area contributed by atoms with Crippen LogP contribution in [0.25, 0.3) is 0 Å². The quantitative estimate of drug-likeness (QED) is 0.369. The number of hydrogen-bond donors (Lipinski definition) is 1. The average molecular weight is 445 g/mol. The number of nitrogens with zero attached hydrogens (tertiary/aromatic N) is 1. The second-order valence-corrected chi connectivity index (χ2v) is 7.56. The summed E-state index contributed by atoms with van der Waals surface area (Å²) < 4.78 is 19.2. The van der Waals surface area contributed by atoms with Gasteiger partial charge in [-0.05, 0) is 73.0 Å². The third-order valence-corrected chi connectivity index (χ3v) is 4.92. The number of carbonyl (C=O) groups is 1. The second kappa shape index (κ2) is 9.74. The van der Waals surface area contributed by atoms with Crippen LogP contribution in [0, 0.1) is 19.7 Å². The summed E-state index contributed by atoms with van der Waals surface area (Å²) in [6.07, 6.45) is 1.52. The molecule has 0 radical (unpaired) electrons. The van der Waals surface area contributed by atoms with Gasteiger partial charge < -0.3 is 4.74 Å². The van der Waals surface area contributed by atoms with E-state index in [9.17, 15) is 9.18 Å². The minimum absolute atomic E-state index is 0.198. The van der Waals surface area contributed by atoms with Gasteiger partial charge >= 0.3 is 0 Å².